The van der Waals surface area contributed by atoms with Crippen LogP contribution in [0.3, 0.4) is 0 Å². The average molecular weight is 632 g/mol. The zero-order chi connectivity index (χ0) is 32.7. The minimum absolute atomic E-state index is 0.0654. The van der Waals surface area contributed by atoms with Crippen LogP contribution in [0.2, 0.25) is 0 Å². The van der Waals surface area contributed by atoms with Crippen LogP contribution in [-0.4, -0.2) is 35.6 Å². The van der Waals surface area contributed by atoms with E-state index in [1.54, 1.807) is 6.08 Å². The SMILES string of the molecule is COc1cc([C@H]2C3=CC[C@@H]4C(=O)N(c5cc(C(F)(F)F)cc(C(F)(F)F)c5)C(=O)[C@@H]4[C@@H]3CC3=C2C(=O)C=C(C)C3=O)ccc1O. The Kier molecular flexibility index (Phi) is 6.86. The summed E-state index contributed by atoms with van der Waals surface area (Å²) in [6, 6.07) is 4.90. The monoisotopic (exact) mass is 631 g/mol. The minimum atomic E-state index is -5.20. The summed E-state index contributed by atoms with van der Waals surface area (Å²) in [5.41, 5.74) is -2.87. The summed E-state index contributed by atoms with van der Waals surface area (Å²) < 4.78 is 86.9. The second-order valence-electron chi connectivity index (χ2n) is 11.4. The van der Waals surface area contributed by atoms with Crippen LogP contribution in [0, 0.1) is 17.8 Å². The number of Topliss-reactive ketones (excluding diaryl/α,β-unsaturated/α-hetero) is 1. The van der Waals surface area contributed by atoms with Crippen molar-refractivity contribution in [3.63, 3.8) is 0 Å². The van der Waals surface area contributed by atoms with Gasteiger partial charge in [0, 0.05) is 22.6 Å². The fourth-order valence-electron chi connectivity index (χ4n) is 6.96. The van der Waals surface area contributed by atoms with E-state index in [4.69, 9.17) is 4.74 Å². The van der Waals surface area contributed by atoms with Crippen LogP contribution >= 0.6 is 0 Å². The number of carbonyl (C=O) groups is 4. The van der Waals surface area contributed by atoms with Gasteiger partial charge in [0.2, 0.25) is 11.8 Å². The lowest BCUT2D eigenvalue weighted by molar-refractivity contribution is -0.143. The molecule has 6 rings (SSSR count). The quantitative estimate of drug-likeness (QED) is 0.191. The highest BCUT2D eigenvalue weighted by molar-refractivity contribution is 6.25. The largest absolute Gasteiger partial charge is 0.504 e. The maximum absolute atomic E-state index is 14.0. The first kappa shape index (κ1) is 30.4. The number of phenols is 1. The molecule has 0 bridgehead atoms. The molecule has 45 heavy (non-hydrogen) atoms. The van der Waals surface area contributed by atoms with Crippen LogP contribution in [0.15, 0.2) is 70.8 Å². The number of methoxy groups -OCH3 is 1. The summed E-state index contributed by atoms with van der Waals surface area (Å²) in [7, 11) is 1.31. The van der Waals surface area contributed by atoms with Crippen molar-refractivity contribution in [1.82, 2.24) is 0 Å². The molecular weight excluding hydrogens is 608 g/mol. The molecule has 1 N–H and O–H groups in total. The van der Waals surface area contributed by atoms with Gasteiger partial charge in [-0.05, 0) is 67.7 Å². The number of nitrogens with zero attached hydrogens (tertiary/aromatic N) is 1. The van der Waals surface area contributed by atoms with E-state index in [0.717, 1.165) is 0 Å². The van der Waals surface area contributed by atoms with E-state index in [-0.39, 0.29) is 47.1 Å². The summed E-state index contributed by atoms with van der Waals surface area (Å²) >= 11 is 0. The molecular formula is C32H23F6NO6. The molecule has 234 valence electrons. The molecule has 1 heterocycles. The zero-order valence-electron chi connectivity index (χ0n) is 23.5. The summed E-state index contributed by atoms with van der Waals surface area (Å²) in [6.45, 7) is 1.45. The summed E-state index contributed by atoms with van der Waals surface area (Å²) in [5.74, 6) is -7.14. The number of phenolic OH excluding ortho intramolecular Hbond substituents is 1. The smallest absolute Gasteiger partial charge is 0.416 e. The average Bonchev–Trinajstić information content (AvgIpc) is 3.23. The van der Waals surface area contributed by atoms with E-state index in [2.05, 4.69) is 0 Å². The van der Waals surface area contributed by atoms with Gasteiger partial charge in [0.1, 0.15) is 0 Å². The fraction of sp³-hybridized carbons (Fsp3) is 0.312. The first-order valence-corrected chi connectivity index (χ1v) is 13.8. The fourth-order valence-corrected chi connectivity index (χ4v) is 6.96. The van der Waals surface area contributed by atoms with Crippen LogP contribution in [-0.2, 0) is 31.5 Å². The van der Waals surface area contributed by atoms with Crippen molar-refractivity contribution in [2.24, 2.45) is 17.8 Å². The Bertz CT molecular complexity index is 1770. The van der Waals surface area contributed by atoms with Gasteiger partial charge in [-0.3, -0.25) is 19.2 Å². The number of imide groups is 1. The first-order chi connectivity index (χ1) is 21.0. The molecule has 0 saturated carbocycles. The molecule has 4 atom stereocenters. The Labute approximate surface area is 251 Å². The maximum Gasteiger partial charge on any atom is 0.416 e. The molecule has 4 aliphatic rings. The Hall–Kier alpha value is -4.68. The number of ether oxygens (including phenoxy) is 1. The summed E-state index contributed by atoms with van der Waals surface area (Å²) in [6.07, 6.45) is -7.79. The number of allylic oxidation sites excluding steroid dienone is 6. The van der Waals surface area contributed by atoms with E-state index in [1.165, 1.54) is 38.3 Å². The first-order valence-electron chi connectivity index (χ1n) is 13.8. The highest BCUT2D eigenvalue weighted by Gasteiger charge is 2.57. The number of fused-ring (bicyclic) bond motifs is 3. The number of benzene rings is 2. The highest BCUT2D eigenvalue weighted by Crippen LogP contribution is 2.56. The van der Waals surface area contributed by atoms with Gasteiger partial charge in [-0.15, -0.1) is 0 Å². The standard InChI is InChI=1S/C32H23F6NO6/c1-13-7-23(41)27-21(28(13)42)12-20-18(25(27)14-3-6-22(40)24(8-14)45-2)4-5-19-26(20)30(44)39(29(19)43)17-10-15(31(33,34)35)9-16(11-17)32(36,37)38/h3-4,6-11,19-20,25-26,40H,5,12H2,1-2H3/t19-,20+,25-,26-/m0/s1. The van der Waals surface area contributed by atoms with Gasteiger partial charge in [-0.1, -0.05) is 17.7 Å². The molecule has 0 unspecified atom stereocenters. The van der Waals surface area contributed by atoms with Crippen molar-refractivity contribution in [3.05, 3.63) is 87.5 Å². The number of anilines is 1. The Morgan fingerprint density at radius 1 is 0.889 bits per heavy atom. The van der Waals surface area contributed by atoms with Crippen molar-refractivity contribution in [1.29, 1.82) is 0 Å². The van der Waals surface area contributed by atoms with Gasteiger partial charge < -0.3 is 9.84 Å². The highest BCUT2D eigenvalue weighted by atomic mass is 19.4. The van der Waals surface area contributed by atoms with E-state index in [1.807, 2.05) is 0 Å². The Morgan fingerprint density at radius 3 is 2.13 bits per heavy atom. The predicted molar refractivity (Wildman–Crippen MR) is 145 cm³/mol. The van der Waals surface area contributed by atoms with Gasteiger partial charge in [0.05, 0.1) is 35.8 Å². The number of hydrogen-bond donors (Lipinski definition) is 1. The number of ketones is 2. The lowest BCUT2D eigenvalue weighted by Gasteiger charge is -2.42. The number of aromatic hydroxyl groups is 1. The van der Waals surface area contributed by atoms with Crippen molar-refractivity contribution in [2.75, 3.05) is 12.0 Å². The summed E-state index contributed by atoms with van der Waals surface area (Å²) in [4.78, 5) is 54.7. The molecule has 3 aliphatic carbocycles. The van der Waals surface area contributed by atoms with Crippen molar-refractivity contribution < 1.29 is 55.4 Å². The number of alkyl halides is 6. The van der Waals surface area contributed by atoms with Gasteiger partial charge >= 0.3 is 12.4 Å². The van der Waals surface area contributed by atoms with Crippen LogP contribution in [0.25, 0.3) is 0 Å². The molecule has 13 heteroatoms. The molecule has 0 spiro atoms. The Morgan fingerprint density at radius 2 is 1.53 bits per heavy atom. The second kappa shape index (κ2) is 10.2. The number of carbonyl (C=O) groups excluding carboxylic acids is 4. The third kappa shape index (κ3) is 4.75. The van der Waals surface area contributed by atoms with Crippen LogP contribution in [0.4, 0.5) is 32.0 Å². The Balaban J connectivity index is 1.48. The second-order valence-corrected chi connectivity index (χ2v) is 11.4. The number of halogens is 6. The van der Waals surface area contributed by atoms with E-state index in [9.17, 15) is 50.6 Å². The van der Waals surface area contributed by atoms with Crippen molar-refractivity contribution in [2.45, 2.75) is 38.0 Å². The number of rotatable bonds is 3. The molecule has 0 radical (unpaired) electrons. The molecule has 2 aromatic carbocycles. The number of amides is 2. The van der Waals surface area contributed by atoms with E-state index in [0.29, 0.717) is 28.2 Å². The maximum atomic E-state index is 14.0. The molecule has 7 nitrogen and oxygen atoms in total. The van der Waals surface area contributed by atoms with Gasteiger partial charge in [-0.2, -0.15) is 26.3 Å². The van der Waals surface area contributed by atoms with Crippen molar-refractivity contribution >= 4 is 29.1 Å². The van der Waals surface area contributed by atoms with Gasteiger partial charge in [-0.25, -0.2) is 4.90 Å². The van der Waals surface area contributed by atoms with Crippen LogP contribution < -0.4 is 9.64 Å². The van der Waals surface area contributed by atoms with Crippen LogP contribution in [0.5, 0.6) is 11.5 Å². The lowest BCUT2D eigenvalue weighted by atomic mass is 9.59. The van der Waals surface area contributed by atoms with Crippen LogP contribution in [0.1, 0.15) is 42.4 Å². The predicted octanol–water partition coefficient (Wildman–Crippen LogP) is 6.07. The van der Waals surface area contributed by atoms with E-state index < -0.39 is 76.2 Å². The normalized spacial score (nSPS) is 25.1. The third-order valence-electron chi connectivity index (χ3n) is 8.93. The molecule has 1 fully saturated rings. The molecule has 1 saturated heterocycles. The van der Waals surface area contributed by atoms with E-state index >= 15 is 0 Å². The molecule has 2 amide bonds. The molecule has 0 aromatic heterocycles. The molecule has 2 aromatic rings. The zero-order valence-corrected chi connectivity index (χ0v) is 23.5. The van der Waals surface area contributed by atoms with Gasteiger partial charge in [0.25, 0.3) is 0 Å². The third-order valence-corrected chi connectivity index (χ3v) is 8.93. The lowest BCUT2D eigenvalue weighted by Crippen LogP contribution is -2.39. The topological polar surface area (TPSA) is 101 Å². The molecule has 1 aliphatic heterocycles. The number of hydrogen-bond acceptors (Lipinski definition) is 6. The summed E-state index contributed by atoms with van der Waals surface area (Å²) in [5, 5.41) is 10.2. The van der Waals surface area contributed by atoms with Gasteiger partial charge in [0.15, 0.2) is 23.1 Å². The minimum Gasteiger partial charge on any atom is -0.504 e. The van der Waals surface area contributed by atoms with Crippen molar-refractivity contribution in [3.8, 4) is 11.5 Å².